The zero-order chi connectivity index (χ0) is 11.4. The van der Waals surface area contributed by atoms with E-state index in [2.05, 4.69) is 20.9 Å². The van der Waals surface area contributed by atoms with Gasteiger partial charge in [0.2, 0.25) is 11.8 Å². The first-order valence-electron chi connectivity index (χ1n) is 5.73. The Bertz CT molecular complexity index is 276. The smallest absolute Gasteiger partial charge is 0.234 e. The molecule has 0 aromatic carbocycles. The van der Waals surface area contributed by atoms with Gasteiger partial charge in [-0.2, -0.15) is 0 Å². The van der Waals surface area contributed by atoms with Crippen molar-refractivity contribution < 1.29 is 9.59 Å². The third kappa shape index (κ3) is 3.18. The summed E-state index contributed by atoms with van der Waals surface area (Å²) < 4.78 is 0. The highest BCUT2D eigenvalue weighted by Crippen LogP contribution is 1.99. The second-order valence-electron chi connectivity index (χ2n) is 4.30. The number of piperazine rings is 1. The molecule has 90 valence electrons. The van der Waals surface area contributed by atoms with E-state index in [4.69, 9.17) is 0 Å². The van der Waals surface area contributed by atoms with Crippen LogP contribution in [0.25, 0.3) is 0 Å². The number of carbonyl (C=O) groups excluding carboxylic acids is 2. The summed E-state index contributed by atoms with van der Waals surface area (Å²) in [5, 5.41) is 8.81. The van der Waals surface area contributed by atoms with Gasteiger partial charge < -0.3 is 16.0 Å². The molecule has 0 saturated carbocycles. The van der Waals surface area contributed by atoms with Gasteiger partial charge in [-0.1, -0.05) is 0 Å². The van der Waals surface area contributed by atoms with E-state index < -0.39 is 0 Å². The number of carbonyl (C=O) groups is 2. The van der Waals surface area contributed by atoms with Crippen molar-refractivity contribution in [3.05, 3.63) is 0 Å². The number of amides is 2. The average molecular weight is 226 g/mol. The first kappa shape index (κ1) is 11.3. The summed E-state index contributed by atoms with van der Waals surface area (Å²) in [6.07, 6.45) is 0.410. The molecule has 0 aromatic rings. The standard InChI is InChI=1S/C10H18N4O2/c15-9-5-8(6-12-9)13-10(16)7-14-3-1-11-2-4-14/h8,11H,1-7H2,(H,12,15)(H,13,16). The van der Waals surface area contributed by atoms with Crippen LogP contribution in [-0.4, -0.2) is 62.0 Å². The molecular weight excluding hydrogens is 208 g/mol. The Hall–Kier alpha value is -1.14. The predicted octanol–water partition coefficient (Wildman–Crippen LogP) is -2.10. The summed E-state index contributed by atoms with van der Waals surface area (Å²) >= 11 is 0. The molecule has 6 heteroatoms. The van der Waals surface area contributed by atoms with Crippen LogP contribution in [0.3, 0.4) is 0 Å². The van der Waals surface area contributed by atoms with Gasteiger partial charge in [-0.25, -0.2) is 0 Å². The minimum Gasteiger partial charge on any atom is -0.354 e. The average Bonchev–Trinajstić information content (AvgIpc) is 2.65. The van der Waals surface area contributed by atoms with Crippen molar-refractivity contribution >= 4 is 11.8 Å². The molecule has 2 amide bonds. The van der Waals surface area contributed by atoms with E-state index in [1.54, 1.807) is 0 Å². The van der Waals surface area contributed by atoms with Gasteiger partial charge in [-0.3, -0.25) is 14.5 Å². The normalized spacial score (nSPS) is 26.5. The van der Waals surface area contributed by atoms with Crippen LogP contribution in [0.2, 0.25) is 0 Å². The van der Waals surface area contributed by atoms with E-state index in [1.807, 2.05) is 0 Å². The minimum atomic E-state index is -0.0251. The summed E-state index contributed by atoms with van der Waals surface area (Å²) in [7, 11) is 0. The number of nitrogens with one attached hydrogen (secondary N) is 3. The summed E-state index contributed by atoms with van der Waals surface area (Å²) in [6, 6.07) is -0.0251. The number of nitrogens with zero attached hydrogens (tertiary/aromatic N) is 1. The highest BCUT2D eigenvalue weighted by Gasteiger charge is 2.23. The molecule has 0 bridgehead atoms. The molecule has 3 N–H and O–H groups in total. The lowest BCUT2D eigenvalue weighted by atomic mass is 10.2. The van der Waals surface area contributed by atoms with Gasteiger partial charge in [0.15, 0.2) is 0 Å². The molecule has 0 radical (unpaired) electrons. The highest BCUT2D eigenvalue weighted by molar-refractivity contribution is 5.82. The monoisotopic (exact) mass is 226 g/mol. The SMILES string of the molecule is O=C1CC(NC(=O)CN2CCNCC2)CN1. The zero-order valence-corrected chi connectivity index (χ0v) is 9.29. The first-order valence-corrected chi connectivity index (χ1v) is 5.73. The maximum Gasteiger partial charge on any atom is 0.234 e. The Morgan fingerprint density at radius 2 is 2.19 bits per heavy atom. The highest BCUT2D eigenvalue weighted by atomic mass is 16.2. The molecule has 16 heavy (non-hydrogen) atoms. The van der Waals surface area contributed by atoms with Crippen molar-refractivity contribution in [2.75, 3.05) is 39.3 Å². The van der Waals surface area contributed by atoms with Crippen molar-refractivity contribution in [1.29, 1.82) is 0 Å². The molecule has 2 aliphatic heterocycles. The number of hydrogen-bond donors (Lipinski definition) is 3. The molecular formula is C10H18N4O2. The molecule has 2 aliphatic rings. The summed E-state index contributed by atoms with van der Waals surface area (Å²) in [5.41, 5.74) is 0. The predicted molar refractivity (Wildman–Crippen MR) is 58.9 cm³/mol. The third-order valence-corrected chi connectivity index (χ3v) is 2.92. The molecule has 0 aromatic heterocycles. The van der Waals surface area contributed by atoms with E-state index in [-0.39, 0.29) is 17.9 Å². The Kier molecular flexibility index (Phi) is 3.74. The van der Waals surface area contributed by atoms with Crippen molar-refractivity contribution in [1.82, 2.24) is 20.9 Å². The quantitative estimate of drug-likeness (QED) is 0.515. The lowest BCUT2D eigenvalue weighted by Gasteiger charge is -2.26. The van der Waals surface area contributed by atoms with Gasteiger partial charge in [0.25, 0.3) is 0 Å². The lowest BCUT2D eigenvalue weighted by molar-refractivity contribution is -0.123. The van der Waals surface area contributed by atoms with Crippen LogP contribution < -0.4 is 16.0 Å². The largest absolute Gasteiger partial charge is 0.354 e. The van der Waals surface area contributed by atoms with E-state index in [9.17, 15) is 9.59 Å². The zero-order valence-electron chi connectivity index (χ0n) is 9.29. The van der Waals surface area contributed by atoms with Crippen molar-refractivity contribution in [3.8, 4) is 0 Å². The fraction of sp³-hybridized carbons (Fsp3) is 0.800. The lowest BCUT2D eigenvalue weighted by Crippen LogP contribution is -2.49. The van der Waals surface area contributed by atoms with Gasteiger partial charge in [-0.15, -0.1) is 0 Å². The van der Waals surface area contributed by atoms with Crippen LogP contribution >= 0.6 is 0 Å². The number of rotatable bonds is 3. The molecule has 1 unspecified atom stereocenters. The molecule has 2 heterocycles. The van der Waals surface area contributed by atoms with Crippen molar-refractivity contribution in [2.45, 2.75) is 12.5 Å². The maximum atomic E-state index is 11.7. The summed E-state index contributed by atoms with van der Waals surface area (Å²) in [4.78, 5) is 24.7. The molecule has 0 spiro atoms. The Labute approximate surface area is 94.7 Å². The first-order chi connectivity index (χ1) is 7.74. The van der Waals surface area contributed by atoms with Crippen molar-refractivity contribution in [2.24, 2.45) is 0 Å². The number of hydrogen-bond acceptors (Lipinski definition) is 4. The van der Waals surface area contributed by atoms with Crippen LogP contribution in [0.5, 0.6) is 0 Å². The van der Waals surface area contributed by atoms with E-state index in [1.165, 1.54) is 0 Å². The molecule has 2 rings (SSSR count). The Balaban J connectivity index is 1.69. The molecule has 0 aliphatic carbocycles. The van der Waals surface area contributed by atoms with Crippen LogP contribution in [0.1, 0.15) is 6.42 Å². The van der Waals surface area contributed by atoms with Crippen LogP contribution in [0.15, 0.2) is 0 Å². The fourth-order valence-corrected chi connectivity index (χ4v) is 2.05. The minimum absolute atomic E-state index is 0.0170. The second-order valence-corrected chi connectivity index (χ2v) is 4.30. The Morgan fingerprint density at radius 1 is 1.44 bits per heavy atom. The van der Waals surface area contributed by atoms with Gasteiger partial charge in [0, 0.05) is 39.1 Å². The van der Waals surface area contributed by atoms with Gasteiger partial charge in [-0.05, 0) is 0 Å². The van der Waals surface area contributed by atoms with Crippen molar-refractivity contribution in [3.63, 3.8) is 0 Å². The van der Waals surface area contributed by atoms with E-state index in [0.29, 0.717) is 19.5 Å². The maximum absolute atomic E-state index is 11.7. The van der Waals surface area contributed by atoms with Crippen LogP contribution in [0, 0.1) is 0 Å². The molecule has 6 nitrogen and oxygen atoms in total. The third-order valence-electron chi connectivity index (χ3n) is 2.92. The van der Waals surface area contributed by atoms with E-state index >= 15 is 0 Å². The van der Waals surface area contributed by atoms with Crippen LogP contribution in [0.4, 0.5) is 0 Å². The Morgan fingerprint density at radius 3 is 2.81 bits per heavy atom. The second kappa shape index (κ2) is 5.27. The molecule has 2 fully saturated rings. The molecule has 2 saturated heterocycles. The summed E-state index contributed by atoms with van der Waals surface area (Å²) in [6.45, 7) is 4.70. The molecule has 1 atom stereocenters. The van der Waals surface area contributed by atoms with Gasteiger partial charge in [0.1, 0.15) is 0 Å². The van der Waals surface area contributed by atoms with E-state index in [0.717, 1.165) is 26.2 Å². The van der Waals surface area contributed by atoms with Crippen LogP contribution in [-0.2, 0) is 9.59 Å². The fourth-order valence-electron chi connectivity index (χ4n) is 2.05. The van der Waals surface area contributed by atoms with Gasteiger partial charge >= 0.3 is 0 Å². The topological polar surface area (TPSA) is 73.5 Å². The van der Waals surface area contributed by atoms with Gasteiger partial charge in [0.05, 0.1) is 12.6 Å². The summed E-state index contributed by atoms with van der Waals surface area (Å²) in [5.74, 6) is 0.0378.